The van der Waals surface area contributed by atoms with E-state index in [1.807, 2.05) is 66.7 Å². The molecule has 3 aromatic rings. The van der Waals surface area contributed by atoms with Crippen molar-refractivity contribution in [1.29, 1.82) is 0 Å². The number of methoxy groups -OCH3 is 1. The zero-order valence-electron chi connectivity index (χ0n) is 18.1. The number of rotatable bonds is 11. The quantitative estimate of drug-likeness (QED) is 0.471. The lowest BCUT2D eigenvalue weighted by Gasteiger charge is -2.34. The molecule has 0 spiro atoms. The first kappa shape index (κ1) is 22.4. The highest BCUT2D eigenvalue weighted by atomic mass is 16.5. The lowest BCUT2D eigenvalue weighted by atomic mass is 9.83. The first-order valence-electron chi connectivity index (χ1n) is 10.3. The minimum absolute atomic E-state index is 0.468. The van der Waals surface area contributed by atoms with Gasteiger partial charge in [-0.25, -0.2) is 4.79 Å². The Morgan fingerprint density at radius 1 is 0.968 bits per heavy atom. The van der Waals surface area contributed by atoms with Crippen LogP contribution in [-0.2, 0) is 28.1 Å². The summed E-state index contributed by atoms with van der Waals surface area (Å²) < 4.78 is 11.3. The molecule has 0 aliphatic rings. The largest absolute Gasteiger partial charge is 0.496 e. The van der Waals surface area contributed by atoms with Crippen LogP contribution >= 0.6 is 0 Å². The molecule has 1 atom stereocenters. The predicted molar refractivity (Wildman–Crippen MR) is 123 cm³/mol. The van der Waals surface area contributed by atoms with Crippen LogP contribution < -0.4 is 10.5 Å². The molecule has 0 fully saturated rings. The Morgan fingerprint density at radius 3 is 2.32 bits per heavy atom. The third-order valence-corrected chi connectivity index (χ3v) is 5.54. The maximum absolute atomic E-state index is 11.5. The molecular weight excluding hydrogens is 388 g/mol. The molecule has 5 nitrogen and oxygen atoms in total. The van der Waals surface area contributed by atoms with E-state index in [0.717, 1.165) is 30.0 Å². The molecule has 3 rings (SSSR count). The number of benzene rings is 3. The monoisotopic (exact) mass is 417 g/mol. The number of anilines is 1. The highest BCUT2D eigenvalue weighted by Gasteiger charge is 2.36. The SMILES string of the molecule is COc1ccccc1CC(CCN(C)Cc1ccccc1)(O[C]=O)c1ccc(N)cc1. The number of nitrogens with zero attached hydrogens (tertiary/aromatic N) is 1. The van der Waals surface area contributed by atoms with Crippen LogP contribution in [0.5, 0.6) is 5.75 Å². The highest BCUT2D eigenvalue weighted by Crippen LogP contribution is 2.36. The zero-order valence-corrected chi connectivity index (χ0v) is 18.1. The summed E-state index contributed by atoms with van der Waals surface area (Å²) in [5, 5.41) is 0. The molecule has 0 amide bonds. The van der Waals surface area contributed by atoms with Crippen molar-refractivity contribution in [2.45, 2.75) is 25.0 Å². The van der Waals surface area contributed by atoms with Crippen molar-refractivity contribution in [2.75, 3.05) is 26.4 Å². The summed E-state index contributed by atoms with van der Waals surface area (Å²) >= 11 is 0. The third kappa shape index (κ3) is 5.86. The van der Waals surface area contributed by atoms with E-state index in [9.17, 15) is 4.79 Å². The predicted octanol–water partition coefficient (Wildman–Crippen LogP) is 4.32. The standard InChI is InChI=1S/C26H29N2O3/c1-28(19-21-8-4-3-5-9-21)17-16-26(31-20-29,23-12-14-24(27)15-13-23)18-22-10-6-7-11-25(22)30-2/h3-15H,16-19,27H2,1-2H3. The Bertz CT molecular complexity index is 960. The first-order chi connectivity index (χ1) is 15.1. The molecule has 0 saturated carbocycles. The van der Waals surface area contributed by atoms with Crippen molar-refractivity contribution in [3.05, 3.63) is 95.6 Å². The average molecular weight is 418 g/mol. The minimum Gasteiger partial charge on any atom is -0.496 e. The lowest BCUT2D eigenvalue weighted by Crippen LogP contribution is -2.36. The van der Waals surface area contributed by atoms with Crippen molar-refractivity contribution in [3.8, 4) is 5.75 Å². The van der Waals surface area contributed by atoms with Gasteiger partial charge in [0, 0.05) is 31.6 Å². The van der Waals surface area contributed by atoms with Gasteiger partial charge in [-0.1, -0.05) is 60.7 Å². The first-order valence-corrected chi connectivity index (χ1v) is 10.3. The Labute approximate surface area is 184 Å². The van der Waals surface area contributed by atoms with Crippen molar-refractivity contribution in [1.82, 2.24) is 4.90 Å². The second-order valence-corrected chi connectivity index (χ2v) is 7.76. The van der Waals surface area contributed by atoms with Crippen molar-refractivity contribution < 1.29 is 14.3 Å². The molecule has 0 aliphatic carbocycles. The van der Waals surface area contributed by atoms with Gasteiger partial charge in [-0.3, -0.25) is 0 Å². The van der Waals surface area contributed by atoms with E-state index in [1.54, 1.807) is 13.6 Å². The molecule has 161 valence electrons. The number of hydrogen-bond acceptors (Lipinski definition) is 5. The third-order valence-electron chi connectivity index (χ3n) is 5.54. The molecule has 2 N–H and O–H groups in total. The van der Waals surface area contributed by atoms with Gasteiger partial charge in [0.2, 0.25) is 0 Å². The normalized spacial score (nSPS) is 12.9. The van der Waals surface area contributed by atoms with E-state index in [-0.39, 0.29) is 0 Å². The Balaban J connectivity index is 1.89. The van der Waals surface area contributed by atoms with Gasteiger partial charge < -0.3 is 20.1 Å². The Morgan fingerprint density at radius 2 is 1.65 bits per heavy atom. The molecular formula is C26H29N2O3. The summed E-state index contributed by atoms with van der Waals surface area (Å²) in [6.45, 7) is 3.23. The number of para-hydroxylation sites is 1. The number of carbonyl (C=O) groups excluding carboxylic acids is 1. The van der Waals surface area contributed by atoms with Crippen LogP contribution in [0.2, 0.25) is 0 Å². The maximum atomic E-state index is 11.5. The van der Waals surface area contributed by atoms with Gasteiger partial charge in [-0.05, 0) is 41.9 Å². The van der Waals surface area contributed by atoms with E-state index in [4.69, 9.17) is 15.2 Å². The Kier molecular flexibility index (Phi) is 7.68. The van der Waals surface area contributed by atoms with Crippen molar-refractivity contribution >= 4 is 12.2 Å². The summed E-state index contributed by atoms with van der Waals surface area (Å²) in [6.07, 6.45) is 1.06. The van der Waals surface area contributed by atoms with Crippen LogP contribution in [0.4, 0.5) is 5.69 Å². The number of ether oxygens (including phenoxy) is 2. The molecule has 1 unspecified atom stereocenters. The summed E-state index contributed by atoms with van der Waals surface area (Å²) in [4.78, 5) is 13.7. The molecule has 0 heterocycles. The zero-order chi connectivity index (χ0) is 22.1. The van der Waals surface area contributed by atoms with E-state index >= 15 is 0 Å². The molecule has 5 heteroatoms. The van der Waals surface area contributed by atoms with Crippen LogP contribution in [0.1, 0.15) is 23.1 Å². The van der Waals surface area contributed by atoms with Gasteiger partial charge in [-0.15, -0.1) is 0 Å². The van der Waals surface area contributed by atoms with Crippen LogP contribution in [0.15, 0.2) is 78.9 Å². The van der Waals surface area contributed by atoms with Gasteiger partial charge in [0.25, 0.3) is 0 Å². The van der Waals surface area contributed by atoms with Gasteiger partial charge >= 0.3 is 6.47 Å². The number of nitrogen functional groups attached to an aromatic ring is 1. The highest BCUT2D eigenvalue weighted by molar-refractivity contribution is 5.46. The number of hydrogen-bond donors (Lipinski definition) is 1. The fraction of sp³-hybridized carbons (Fsp3) is 0.269. The molecule has 0 aromatic heterocycles. The van der Waals surface area contributed by atoms with Gasteiger partial charge in [-0.2, -0.15) is 0 Å². The van der Waals surface area contributed by atoms with Gasteiger partial charge in [0.1, 0.15) is 11.4 Å². The van der Waals surface area contributed by atoms with Gasteiger partial charge in [0.05, 0.1) is 7.11 Å². The van der Waals surface area contributed by atoms with E-state index < -0.39 is 5.60 Å². The fourth-order valence-corrected chi connectivity index (χ4v) is 3.85. The van der Waals surface area contributed by atoms with Crippen molar-refractivity contribution in [3.63, 3.8) is 0 Å². The van der Waals surface area contributed by atoms with Crippen molar-refractivity contribution in [2.24, 2.45) is 0 Å². The van der Waals surface area contributed by atoms with E-state index in [0.29, 0.717) is 18.5 Å². The second kappa shape index (κ2) is 10.6. The van der Waals surface area contributed by atoms with Crippen LogP contribution in [0, 0.1) is 0 Å². The molecule has 1 radical (unpaired) electrons. The molecule has 31 heavy (non-hydrogen) atoms. The van der Waals surface area contributed by atoms with Gasteiger partial charge in [0.15, 0.2) is 0 Å². The van der Waals surface area contributed by atoms with Crippen LogP contribution in [0.25, 0.3) is 0 Å². The molecule has 3 aromatic carbocycles. The smallest absolute Gasteiger partial charge is 0.418 e. The maximum Gasteiger partial charge on any atom is 0.418 e. The summed E-state index contributed by atoms with van der Waals surface area (Å²) in [5.74, 6) is 0.759. The fourth-order valence-electron chi connectivity index (χ4n) is 3.85. The molecule has 0 aliphatic heterocycles. The van der Waals surface area contributed by atoms with E-state index in [1.165, 1.54) is 5.56 Å². The topological polar surface area (TPSA) is 64.8 Å². The molecule has 0 bridgehead atoms. The Hall–Kier alpha value is -3.31. The minimum atomic E-state index is -0.894. The molecule has 0 saturated heterocycles. The number of nitrogens with two attached hydrogens (primary N) is 1. The van der Waals surface area contributed by atoms with Crippen LogP contribution in [0.3, 0.4) is 0 Å². The summed E-state index contributed by atoms with van der Waals surface area (Å²) in [5.41, 5.74) is 8.74. The summed E-state index contributed by atoms with van der Waals surface area (Å²) in [6, 6.07) is 25.6. The van der Waals surface area contributed by atoms with Crippen LogP contribution in [-0.4, -0.2) is 32.1 Å². The second-order valence-electron chi connectivity index (χ2n) is 7.76. The average Bonchev–Trinajstić information content (AvgIpc) is 2.79. The van der Waals surface area contributed by atoms with E-state index in [2.05, 4.69) is 24.1 Å². The lowest BCUT2D eigenvalue weighted by molar-refractivity contribution is 0.0293. The summed E-state index contributed by atoms with van der Waals surface area (Å²) in [7, 11) is 3.71.